The molecule has 4 aromatic rings. The second kappa shape index (κ2) is 7.40. The van der Waals surface area contributed by atoms with Gasteiger partial charge in [0, 0.05) is 16.6 Å². The Morgan fingerprint density at radius 2 is 2.00 bits per heavy atom. The summed E-state index contributed by atoms with van der Waals surface area (Å²) in [5.74, 6) is 6.75. The minimum Gasteiger partial charge on any atom is -0.352 e. The van der Waals surface area contributed by atoms with Crippen molar-refractivity contribution >= 4 is 34.3 Å². The van der Waals surface area contributed by atoms with E-state index >= 15 is 0 Å². The number of nitrogens with zero attached hydrogens (tertiary/aromatic N) is 3. The summed E-state index contributed by atoms with van der Waals surface area (Å²) in [5.41, 5.74) is 4.78. The molecule has 0 aliphatic carbocycles. The molecule has 8 heteroatoms. The molecule has 0 radical (unpaired) electrons. The Morgan fingerprint density at radius 1 is 1.18 bits per heavy atom. The van der Waals surface area contributed by atoms with E-state index in [-0.39, 0.29) is 11.7 Å². The summed E-state index contributed by atoms with van der Waals surface area (Å²) in [5, 5.41) is 12.8. The average Bonchev–Trinajstić information content (AvgIpc) is 3.25. The van der Waals surface area contributed by atoms with Gasteiger partial charge < -0.3 is 16.1 Å². The standard InChI is InChI=1S/C20H20N6OS/c1-12-7-8-15(13(2)9-12)23-18(27)11-28-20-25-24-19(26(20)21)17-10-14-5-3-4-6-16(14)22-17/h3-10,22H,11,21H2,1-2H3,(H,23,27). The van der Waals surface area contributed by atoms with Crippen LogP contribution in [0, 0.1) is 13.8 Å². The maximum Gasteiger partial charge on any atom is 0.234 e. The topological polar surface area (TPSA) is 102 Å². The number of fused-ring (bicyclic) bond motifs is 1. The summed E-state index contributed by atoms with van der Waals surface area (Å²) in [4.78, 5) is 15.6. The first kappa shape index (κ1) is 18.1. The number of benzene rings is 2. The van der Waals surface area contributed by atoms with Gasteiger partial charge in [0.05, 0.1) is 11.4 Å². The number of nitrogens with two attached hydrogens (primary N) is 1. The van der Waals surface area contributed by atoms with Crippen molar-refractivity contribution in [3.63, 3.8) is 0 Å². The van der Waals surface area contributed by atoms with Crippen molar-refractivity contribution in [1.82, 2.24) is 19.9 Å². The molecule has 0 saturated carbocycles. The number of nitrogens with one attached hydrogen (secondary N) is 2. The van der Waals surface area contributed by atoms with Gasteiger partial charge in [0.1, 0.15) is 0 Å². The van der Waals surface area contributed by atoms with Crippen LogP contribution in [-0.2, 0) is 4.79 Å². The third-order valence-electron chi connectivity index (χ3n) is 4.42. The van der Waals surface area contributed by atoms with E-state index in [9.17, 15) is 4.79 Å². The molecule has 0 fully saturated rings. The van der Waals surface area contributed by atoms with E-state index in [2.05, 4.69) is 20.5 Å². The number of H-pyrrole nitrogens is 1. The van der Waals surface area contributed by atoms with Crippen molar-refractivity contribution in [2.24, 2.45) is 0 Å². The van der Waals surface area contributed by atoms with E-state index in [1.54, 1.807) is 0 Å². The normalized spacial score (nSPS) is 11.1. The second-order valence-electron chi connectivity index (χ2n) is 6.60. The quantitative estimate of drug-likeness (QED) is 0.356. The molecule has 0 aliphatic rings. The fourth-order valence-corrected chi connectivity index (χ4v) is 3.68. The Balaban J connectivity index is 1.45. The van der Waals surface area contributed by atoms with E-state index in [1.807, 2.05) is 62.4 Å². The lowest BCUT2D eigenvalue weighted by Gasteiger charge is -2.09. The molecule has 2 aromatic heterocycles. The van der Waals surface area contributed by atoms with E-state index in [4.69, 9.17) is 5.84 Å². The summed E-state index contributed by atoms with van der Waals surface area (Å²) >= 11 is 1.24. The Hall–Kier alpha value is -3.26. The van der Waals surface area contributed by atoms with Crippen molar-refractivity contribution in [3.8, 4) is 11.5 Å². The number of para-hydroxylation sites is 1. The molecule has 1 amide bonds. The maximum atomic E-state index is 12.3. The lowest BCUT2D eigenvalue weighted by atomic mass is 10.1. The predicted octanol–water partition coefficient (Wildman–Crippen LogP) is 3.49. The largest absolute Gasteiger partial charge is 0.352 e. The Kier molecular flexibility index (Phi) is 4.79. The van der Waals surface area contributed by atoms with Crippen molar-refractivity contribution in [2.75, 3.05) is 16.9 Å². The van der Waals surface area contributed by atoms with Gasteiger partial charge in [-0.2, -0.15) is 0 Å². The van der Waals surface area contributed by atoms with Gasteiger partial charge in [-0.05, 0) is 37.6 Å². The van der Waals surface area contributed by atoms with Crippen LogP contribution in [0.3, 0.4) is 0 Å². The number of amides is 1. The predicted molar refractivity (Wildman–Crippen MR) is 113 cm³/mol. The number of hydrogen-bond acceptors (Lipinski definition) is 5. The lowest BCUT2D eigenvalue weighted by Crippen LogP contribution is -2.17. The van der Waals surface area contributed by atoms with Crippen LogP contribution in [-0.4, -0.2) is 31.5 Å². The monoisotopic (exact) mass is 392 g/mol. The highest BCUT2D eigenvalue weighted by Gasteiger charge is 2.15. The molecule has 4 N–H and O–H groups in total. The Labute approximate surface area is 166 Å². The van der Waals surface area contributed by atoms with E-state index in [0.29, 0.717) is 11.0 Å². The number of nitrogen functional groups attached to an aromatic ring is 1. The summed E-state index contributed by atoms with van der Waals surface area (Å²) in [7, 11) is 0. The van der Waals surface area contributed by atoms with E-state index < -0.39 is 0 Å². The summed E-state index contributed by atoms with van der Waals surface area (Å²) in [6, 6.07) is 15.8. The molecule has 0 unspecified atom stereocenters. The van der Waals surface area contributed by atoms with Crippen LogP contribution in [0.15, 0.2) is 53.7 Å². The minimum absolute atomic E-state index is 0.118. The fourth-order valence-electron chi connectivity index (χ4n) is 3.02. The van der Waals surface area contributed by atoms with Gasteiger partial charge in [-0.3, -0.25) is 4.79 Å². The first-order valence-corrected chi connectivity index (χ1v) is 9.78. The van der Waals surface area contributed by atoms with Gasteiger partial charge in [0.2, 0.25) is 11.1 Å². The molecule has 0 bridgehead atoms. The number of aryl methyl sites for hydroxylation is 2. The molecule has 28 heavy (non-hydrogen) atoms. The number of carbonyl (C=O) groups excluding carboxylic acids is 1. The van der Waals surface area contributed by atoms with Gasteiger partial charge in [0.15, 0.2) is 5.82 Å². The number of aromatic nitrogens is 4. The van der Waals surface area contributed by atoms with Crippen molar-refractivity contribution in [1.29, 1.82) is 0 Å². The first-order valence-electron chi connectivity index (χ1n) is 8.80. The summed E-state index contributed by atoms with van der Waals surface area (Å²) < 4.78 is 1.40. The van der Waals surface area contributed by atoms with Gasteiger partial charge in [-0.25, -0.2) is 4.68 Å². The number of hydrogen-bond donors (Lipinski definition) is 3. The summed E-state index contributed by atoms with van der Waals surface area (Å²) in [6.45, 7) is 3.99. The van der Waals surface area contributed by atoms with Crippen molar-refractivity contribution < 1.29 is 4.79 Å². The molecule has 7 nitrogen and oxygen atoms in total. The number of carbonyl (C=O) groups is 1. The minimum atomic E-state index is -0.118. The van der Waals surface area contributed by atoms with Crippen LogP contribution in [0.5, 0.6) is 0 Å². The van der Waals surface area contributed by atoms with Crippen LogP contribution >= 0.6 is 11.8 Å². The number of rotatable bonds is 5. The third kappa shape index (κ3) is 3.59. The van der Waals surface area contributed by atoms with Crippen LogP contribution in [0.1, 0.15) is 11.1 Å². The van der Waals surface area contributed by atoms with Crippen LogP contribution in [0.4, 0.5) is 5.69 Å². The maximum absolute atomic E-state index is 12.3. The SMILES string of the molecule is Cc1ccc(NC(=O)CSc2nnc(-c3cc4ccccc4[nH]3)n2N)c(C)c1. The van der Waals surface area contributed by atoms with Gasteiger partial charge >= 0.3 is 0 Å². The highest BCUT2D eigenvalue weighted by molar-refractivity contribution is 7.99. The fraction of sp³-hybridized carbons (Fsp3) is 0.150. The number of thioether (sulfide) groups is 1. The number of anilines is 1. The molecule has 0 atom stereocenters. The molecule has 0 spiro atoms. The molecule has 0 saturated heterocycles. The molecule has 2 aromatic carbocycles. The van der Waals surface area contributed by atoms with Crippen molar-refractivity contribution in [2.45, 2.75) is 19.0 Å². The van der Waals surface area contributed by atoms with Crippen LogP contribution in [0.2, 0.25) is 0 Å². The van der Waals surface area contributed by atoms with E-state index in [1.165, 1.54) is 16.4 Å². The highest BCUT2D eigenvalue weighted by Crippen LogP contribution is 2.25. The zero-order valence-corrected chi connectivity index (χ0v) is 16.4. The zero-order chi connectivity index (χ0) is 19.7. The molecule has 2 heterocycles. The Bertz CT molecular complexity index is 1130. The molecule has 4 rings (SSSR count). The molecular formula is C20H20N6OS. The molecule has 0 aliphatic heterocycles. The van der Waals surface area contributed by atoms with Crippen molar-refractivity contribution in [3.05, 3.63) is 59.7 Å². The first-order chi connectivity index (χ1) is 13.5. The van der Waals surface area contributed by atoms with Gasteiger partial charge in [0.25, 0.3) is 0 Å². The molecule has 142 valence electrons. The smallest absolute Gasteiger partial charge is 0.234 e. The number of aromatic amines is 1. The van der Waals surface area contributed by atoms with Gasteiger partial charge in [-0.1, -0.05) is 47.7 Å². The Morgan fingerprint density at radius 3 is 2.79 bits per heavy atom. The van der Waals surface area contributed by atoms with Crippen LogP contribution in [0.25, 0.3) is 22.4 Å². The second-order valence-corrected chi connectivity index (χ2v) is 7.54. The highest BCUT2D eigenvalue weighted by atomic mass is 32.2. The lowest BCUT2D eigenvalue weighted by molar-refractivity contribution is -0.113. The van der Waals surface area contributed by atoms with Crippen LogP contribution < -0.4 is 11.2 Å². The third-order valence-corrected chi connectivity index (χ3v) is 5.37. The zero-order valence-electron chi connectivity index (χ0n) is 15.6. The summed E-state index contributed by atoms with van der Waals surface area (Å²) in [6.07, 6.45) is 0. The van der Waals surface area contributed by atoms with Gasteiger partial charge in [-0.15, -0.1) is 10.2 Å². The van der Waals surface area contributed by atoms with E-state index in [0.717, 1.165) is 33.4 Å². The molecular weight excluding hydrogens is 372 g/mol. The average molecular weight is 392 g/mol.